The van der Waals surface area contributed by atoms with E-state index < -0.39 is 5.41 Å². The lowest BCUT2D eigenvalue weighted by molar-refractivity contribution is -0.137. The van der Waals surface area contributed by atoms with Gasteiger partial charge in [0.15, 0.2) is 0 Å². The molecule has 3 heteroatoms. The Bertz CT molecular complexity index is 649. The molecule has 3 nitrogen and oxygen atoms in total. The number of anilines is 1. The summed E-state index contributed by atoms with van der Waals surface area (Å²) < 4.78 is 0. The molecule has 1 amide bonds. The van der Waals surface area contributed by atoms with Crippen LogP contribution in [0.15, 0.2) is 54.6 Å². The van der Waals surface area contributed by atoms with Gasteiger partial charge in [0.25, 0.3) is 0 Å². The largest absolute Gasteiger partial charge is 0.508 e. The van der Waals surface area contributed by atoms with Crippen molar-refractivity contribution in [3.8, 4) is 5.75 Å². The minimum absolute atomic E-state index is 0.0805. The first-order valence-corrected chi connectivity index (χ1v) is 6.70. The summed E-state index contributed by atoms with van der Waals surface area (Å²) >= 11 is 0. The first kappa shape index (κ1) is 12.7. The average molecular weight is 267 g/mol. The second-order valence-electron chi connectivity index (χ2n) is 5.69. The molecule has 1 atom stereocenters. The van der Waals surface area contributed by atoms with Crippen molar-refractivity contribution in [1.29, 1.82) is 0 Å². The maximum Gasteiger partial charge on any atom is 0.235 e. The molecule has 2 aromatic rings. The second-order valence-corrected chi connectivity index (χ2v) is 5.69. The van der Waals surface area contributed by atoms with Crippen LogP contribution >= 0.6 is 0 Å². The van der Waals surface area contributed by atoms with E-state index in [1.165, 1.54) is 0 Å². The fraction of sp³-hybridized carbons (Fsp3) is 0.235. The molecule has 2 aromatic carbocycles. The van der Waals surface area contributed by atoms with Crippen LogP contribution in [0.3, 0.4) is 0 Å². The molecule has 102 valence electrons. The third-order valence-electron chi connectivity index (χ3n) is 3.98. The van der Waals surface area contributed by atoms with Gasteiger partial charge in [-0.25, -0.2) is 0 Å². The van der Waals surface area contributed by atoms with Gasteiger partial charge in [-0.05, 0) is 32.0 Å². The van der Waals surface area contributed by atoms with Crippen molar-refractivity contribution in [2.75, 3.05) is 4.90 Å². The molecular formula is C17H17NO2. The molecule has 1 fully saturated rings. The third kappa shape index (κ3) is 1.70. The molecule has 0 aliphatic carbocycles. The van der Waals surface area contributed by atoms with E-state index >= 15 is 0 Å². The van der Waals surface area contributed by atoms with Gasteiger partial charge in [-0.15, -0.1) is 0 Å². The molecule has 1 saturated heterocycles. The number of hydrogen-bond acceptors (Lipinski definition) is 2. The highest BCUT2D eigenvalue weighted by atomic mass is 16.3. The Kier molecular flexibility index (Phi) is 2.78. The van der Waals surface area contributed by atoms with Crippen molar-refractivity contribution in [3.05, 3.63) is 60.2 Å². The maximum atomic E-state index is 12.4. The van der Waals surface area contributed by atoms with Crippen LogP contribution in [0, 0.1) is 5.41 Å². The number of β-lactam (4-membered cyclic amide) rings is 1. The predicted molar refractivity (Wildman–Crippen MR) is 78.6 cm³/mol. The summed E-state index contributed by atoms with van der Waals surface area (Å²) in [7, 11) is 0. The van der Waals surface area contributed by atoms with Crippen LogP contribution in [-0.4, -0.2) is 11.0 Å². The van der Waals surface area contributed by atoms with Crippen molar-refractivity contribution in [2.24, 2.45) is 5.41 Å². The van der Waals surface area contributed by atoms with Crippen LogP contribution in [0.1, 0.15) is 25.5 Å². The number of carbonyl (C=O) groups excluding carboxylic acids is 1. The van der Waals surface area contributed by atoms with Crippen LogP contribution in [0.5, 0.6) is 5.75 Å². The second kappa shape index (κ2) is 4.37. The predicted octanol–water partition coefficient (Wildman–Crippen LogP) is 3.51. The third-order valence-corrected chi connectivity index (χ3v) is 3.98. The normalized spacial score (nSPS) is 20.6. The smallest absolute Gasteiger partial charge is 0.235 e. The molecule has 20 heavy (non-hydrogen) atoms. The Hall–Kier alpha value is -2.29. The first-order chi connectivity index (χ1) is 9.53. The highest BCUT2D eigenvalue weighted by Crippen LogP contribution is 2.53. The SMILES string of the molecule is CC1(C)C(=O)N(c2ccccc2)[C@H]1c1ccccc1O. The van der Waals surface area contributed by atoms with E-state index in [1.54, 1.807) is 17.0 Å². The number of rotatable bonds is 2. The van der Waals surface area contributed by atoms with Crippen LogP contribution in [-0.2, 0) is 4.79 Å². The molecule has 0 spiro atoms. The van der Waals surface area contributed by atoms with Gasteiger partial charge >= 0.3 is 0 Å². The molecule has 0 bridgehead atoms. The van der Waals surface area contributed by atoms with Crippen LogP contribution < -0.4 is 4.90 Å². The minimum Gasteiger partial charge on any atom is -0.508 e. The van der Waals surface area contributed by atoms with Crippen molar-refractivity contribution in [3.63, 3.8) is 0 Å². The van der Waals surface area contributed by atoms with Crippen molar-refractivity contribution in [2.45, 2.75) is 19.9 Å². The standard InChI is InChI=1S/C17H17NO2/c1-17(2)15(13-10-6-7-11-14(13)19)18(16(17)20)12-8-4-3-5-9-12/h3-11,15,19H,1-2H3/t15-/m0/s1. The number of hydrogen-bond donors (Lipinski definition) is 1. The minimum atomic E-state index is -0.505. The molecule has 1 aliphatic heterocycles. The lowest BCUT2D eigenvalue weighted by Crippen LogP contribution is -2.61. The fourth-order valence-corrected chi connectivity index (χ4v) is 2.90. The number of phenols is 1. The first-order valence-electron chi connectivity index (χ1n) is 6.70. The Morgan fingerprint density at radius 1 is 1.00 bits per heavy atom. The molecule has 1 heterocycles. The summed E-state index contributed by atoms with van der Waals surface area (Å²) in [5, 5.41) is 10.1. The van der Waals surface area contributed by atoms with Gasteiger partial charge in [-0.2, -0.15) is 0 Å². The molecule has 3 rings (SSSR count). The van der Waals surface area contributed by atoms with E-state index in [0.29, 0.717) is 0 Å². The van der Waals surface area contributed by atoms with Crippen LogP contribution in [0.25, 0.3) is 0 Å². The summed E-state index contributed by atoms with van der Waals surface area (Å²) in [5.41, 5.74) is 1.15. The molecule has 0 radical (unpaired) electrons. The van der Waals surface area contributed by atoms with Crippen molar-refractivity contribution in [1.82, 2.24) is 0 Å². The summed E-state index contributed by atoms with van der Waals surface area (Å²) in [6.07, 6.45) is 0. The van der Waals surface area contributed by atoms with E-state index in [0.717, 1.165) is 11.3 Å². The maximum absolute atomic E-state index is 12.4. The zero-order valence-corrected chi connectivity index (χ0v) is 11.6. The summed E-state index contributed by atoms with van der Waals surface area (Å²) in [6, 6.07) is 16.7. The van der Waals surface area contributed by atoms with Gasteiger partial charge in [0.2, 0.25) is 5.91 Å². The van der Waals surface area contributed by atoms with Crippen LogP contribution in [0.2, 0.25) is 0 Å². The number of amides is 1. The number of benzene rings is 2. The molecule has 0 unspecified atom stereocenters. The lowest BCUT2D eigenvalue weighted by Gasteiger charge is -2.53. The quantitative estimate of drug-likeness (QED) is 0.846. The average Bonchev–Trinajstić information content (AvgIpc) is 2.46. The van der Waals surface area contributed by atoms with Crippen LogP contribution in [0.4, 0.5) is 5.69 Å². The number of aromatic hydroxyl groups is 1. The highest BCUT2D eigenvalue weighted by molar-refractivity contribution is 6.05. The zero-order valence-electron chi connectivity index (χ0n) is 11.6. The fourth-order valence-electron chi connectivity index (χ4n) is 2.90. The van der Waals surface area contributed by atoms with E-state index in [9.17, 15) is 9.90 Å². The Balaban J connectivity index is 2.07. The molecule has 1 aliphatic rings. The molecule has 0 aromatic heterocycles. The number of para-hydroxylation sites is 2. The van der Waals surface area contributed by atoms with Crippen molar-refractivity contribution >= 4 is 11.6 Å². The van der Waals surface area contributed by atoms with Gasteiger partial charge in [0.05, 0.1) is 11.5 Å². The van der Waals surface area contributed by atoms with Gasteiger partial charge in [-0.3, -0.25) is 4.79 Å². The molecular weight excluding hydrogens is 250 g/mol. The van der Waals surface area contributed by atoms with Gasteiger partial charge < -0.3 is 10.0 Å². The Morgan fingerprint density at radius 3 is 2.25 bits per heavy atom. The van der Waals surface area contributed by atoms with Gasteiger partial charge in [0, 0.05) is 11.3 Å². The van der Waals surface area contributed by atoms with Gasteiger partial charge in [0.1, 0.15) is 5.75 Å². The van der Waals surface area contributed by atoms with E-state index in [1.807, 2.05) is 56.3 Å². The summed E-state index contributed by atoms with van der Waals surface area (Å²) in [6.45, 7) is 3.84. The topological polar surface area (TPSA) is 40.5 Å². The van der Waals surface area contributed by atoms with E-state index in [4.69, 9.17) is 0 Å². The summed E-state index contributed by atoms with van der Waals surface area (Å²) in [4.78, 5) is 14.2. The molecule has 0 saturated carbocycles. The number of carbonyl (C=O) groups is 1. The number of phenolic OH excluding ortho intramolecular Hbond substituents is 1. The zero-order chi connectivity index (χ0) is 14.3. The van der Waals surface area contributed by atoms with E-state index in [-0.39, 0.29) is 17.7 Å². The Morgan fingerprint density at radius 2 is 1.60 bits per heavy atom. The van der Waals surface area contributed by atoms with Crippen molar-refractivity contribution < 1.29 is 9.90 Å². The monoisotopic (exact) mass is 267 g/mol. The summed E-state index contributed by atoms with van der Waals surface area (Å²) in [5.74, 6) is 0.316. The number of nitrogens with zero attached hydrogens (tertiary/aromatic N) is 1. The van der Waals surface area contributed by atoms with Gasteiger partial charge in [-0.1, -0.05) is 36.4 Å². The lowest BCUT2D eigenvalue weighted by atomic mass is 9.70. The molecule has 1 N–H and O–H groups in total. The van der Waals surface area contributed by atoms with E-state index in [2.05, 4.69) is 0 Å². The Labute approximate surface area is 118 Å². The highest BCUT2D eigenvalue weighted by Gasteiger charge is 2.56.